The predicted molar refractivity (Wildman–Crippen MR) is 93.4 cm³/mol. The number of benzene rings is 2. The Bertz CT molecular complexity index is 709. The molecule has 0 radical (unpaired) electrons. The van der Waals surface area contributed by atoms with Gasteiger partial charge in [0.1, 0.15) is 11.5 Å². The molecule has 2 aromatic carbocycles. The number of nitrogens with one attached hydrogen (secondary N) is 1. The van der Waals surface area contributed by atoms with Gasteiger partial charge in [-0.15, -0.1) is 0 Å². The van der Waals surface area contributed by atoms with E-state index in [1.165, 1.54) is 25.9 Å². The van der Waals surface area contributed by atoms with Crippen molar-refractivity contribution in [3.05, 3.63) is 60.2 Å². The fraction of sp³-hybridized carbons (Fsp3) is 0.350. The lowest BCUT2D eigenvalue weighted by Gasteiger charge is -2.44. The first-order chi connectivity index (χ1) is 11.8. The van der Waals surface area contributed by atoms with E-state index in [4.69, 9.17) is 4.74 Å². The van der Waals surface area contributed by atoms with Gasteiger partial charge >= 0.3 is 0 Å². The summed E-state index contributed by atoms with van der Waals surface area (Å²) in [7, 11) is 0. The standard InChI is InChI=1S/C20H22N2O2/c23-20(21-18-14-22-12-10-15(18)11-13-22)17-8-4-5-9-19(17)24-16-6-2-1-3-7-16/h1-9,15,18H,10-14H2,(H,21,23)/t18-/m1/s1. The summed E-state index contributed by atoms with van der Waals surface area (Å²) in [4.78, 5) is 15.2. The number of rotatable bonds is 4. The molecule has 3 saturated heterocycles. The lowest BCUT2D eigenvalue weighted by atomic mass is 9.84. The Labute approximate surface area is 142 Å². The van der Waals surface area contributed by atoms with Crippen molar-refractivity contribution in [2.45, 2.75) is 18.9 Å². The van der Waals surface area contributed by atoms with Gasteiger partial charge in [0.25, 0.3) is 5.91 Å². The van der Waals surface area contributed by atoms with Gasteiger partial charge in [-0.3, -0.25) is 4.79 Å². The summed E-state index contributed by atoms with van der Waals surface area (Å²) >= 11 is 0. The van der Waals surface area contributed by atoms with Crippen molar-refractivity contribution in [1.82, 2.24) is 10.2 Å². The van der Waals surface area contributed by atoms with E-state index >= 15 is 0 Å². The maximum absolute atomic E-state index is 12.8. The molecule has 0 aromatic heterocycles. The van der Waals surface area contributed by atoms with E-state index in [0.29, 0.717) is 17.2 Å². The van der Waals surface area contributed by atoms with Crippen molar-refractivity contribution in [3.63, 3.8) is 0 Å². The van der Waals surface area contributed by atoms with Crippen molar-refractivity contribution in [1.29, 1.82) is 0 Å². The third-order valence-electron chi connectivity index (χ3n) is 5.08. The number of hydrogen-bond acceptors (Lipinski definition) is 3. The van der Waals surface area contributed by atoms with Gasteiger partial charge in [0.05, 0.1) is 5.56 Å². The normalized spacial score (nSPS) is 25.2. The average molecular weight is 322 g/mol. The Kier molecular flexibility index (Phi) is 4.22. The van der Waals surface area contributed by atoms with Gasteiger partial charge in [-0.1, -0.05) is 30.3 Å². The van der Waals surface area contributed by atoms with Crippen molar-refractivity contribution in [2.75, 3.05) is 19.6 Å². The Morgan fingerprint density at radius 1 is 1.00 bits per heavy atom. The quantitative estimate of drug-likeness (QED) is 0.939. The molecule has 1 amide bonds. The minimum Gasteiger partial charge on any atom is -0.457 e. The van der Waals surface area contributed by atoms with Crippen LogP contribution in [-0.4, -0.2) is 36.5 Å². The molecule has 1 atom stereocenters. The highest BCUT2D eigenvalue weighted by molar-refractivity contribution is 5.97. The summed E-state index contributed by atoms with van der Waals surface area (Å²) in [5.74, 6) is 1.91. The van der Waals surface area contributed by atoms with Crippen LogP contribution in [0.1, 0.15) is 23.2 Å². The largest absolute Gasteiger partial charge is 0.457 e. The van der Waals surface area contributed by atoms with Crippen LogP contribution in [0.25, 0.3) is 0 Å². The molecule has 0 unspecified atom stereocenters. The first-order valence-corrected chi connectivity index (χ1v) is 8.65. The van der Waals surface area contributed by atoms with Gasteiger partial charge < -0.3 is 15.0 Å². The lowest BCUT2D eigenvalue weighted by molar-refractivity contribution is 0.0619. The predicted octanol–water partition coefficient (Wildman–Crippen LogP) is 3.30. The molecule has 0 aliphatic carbocycles. The smallest absolute Gasteiger partial charge is 0.255 e. The molecule has 3 aliphatic heterocycles. The highest BCUT2D eigenvalue weighted by Crippen LogP contribution is 2.29. The van der Waals surface area contributed by atoms with Crippen molar-refractivity contribution in [2.24, 2.45) is 5.92 Å². The van der Waals surface area contributed by atoms with Gasteiger partial charge in [-0.25, -0.2) is 0 Å². The van der Waals surface area contributed by atoms with Crippen LogP contribution in [0.4, 0.5) is 0 Å². The number of piperidine rings is 3. The Morgan fingerprint density at radius 2 is 1.71 bits per heavy atom. The zero-order chi connectivity index (χ0) is 16.4. The molecule has 3 heterocycles. The zero-order valence-corrected chi connectivity index (χ0v) is 13.7. The van der Waals surface area contributed by atoms with Crippen LogP contribution in [-0.2, 0) is 0 Å². The first-order valence-electron chi connectivity index (χ1n) is 8.65. The molecule has 2 aromatic rings. The molecule has 3 aliphatic rings. The molecule has 4 nitrogen and oxygen atoms in total. The second-order valence-corrected chi connectivity index (χ2v) is 6.63. The summed E-state index contributed by atoms with van der Waals surface area (Å²) in [5.41, 5.74) is 0.595. The summed E-state index contributed by atoms with van der Waals surface area (Å²) < 4.78 is 5.91. The monoisotopic (exact) mass is 322 g/mol. The van der Waals surface area contributed by atoms with Crippen LogP contribution in [0.15, 0.2) is 54.6 Å². The zero-order valence-electron chi connectivity index (χ0n) is 13.7. The van der Waals surface area contributed by atoms with Gasteiger partial charge in [-0.05, 0) is 56.1 Å². The molecule has 124 valence electrons. The molecule has 24 heavy (non-hydrogen) atoms. The summed E-state index contributed by atoms with van der Waals surface area (Å²) in [6.45, 7) is 3.31. The number of nitrogens with zero attached hydrogens (tertiary/aromatic N) is 1. The van der Waals surface area contributed by atoms with E-state index in [-0.39, 0.29) is 11.9 Å². The molecule has 3 fully saturated rings. The van der Waals surface area contributed by atoms with Crippen molar-refractivity contribution < 1.29 is 9.53 Å². The molecule has 0 saturated carbocycles. The maximum Gasteiger partial charge on any atom is 0.255 e. The summed E-state index contributed by atoms with van der Waals surface area (Å²) in [5, 5.41) is 3.23. The van der Waals surface area contributed by atoms with Crippen molar-refractivity contribution >= 4 is 5.91 Å². The highest BCUT2D eigenvalue weighted by atomic mass is 16.5. The number of ether oxygens (including phenoxy) is 1. The lowest BCUT2D eigenvalue weighted by Crippen LogP contribution is -2.57. The van der Waals surface area contributed by atoms with Crippen LogP contribution < -0.4 is 10.1 Å². The van der Waals surface area contributed by atoms with Crippen LogP contribution in [0.5, 0.6) is 11.5 Å². The molecule has 2 bridgehead atoms. The molecule has 0 spiro atoms. The summed E-state index contributed by atoms with van der Waals surface area (Å²) in [6.07, 6.45) is 2.38. The van der Waals surface area contributed by atoms with Gasteiger partial charge in [-0.2, -0.15) is 0 Å². The topological polar surface area (TPSA) is 41.6 Å². The molecular weight excluding hydrogens is 300 g/mol. The van der Waals surface area contributed by atoms with E-state index in [2.05, 4.69) is 10.2 Å². The molecule has 5 rings (SSSR count). The first kappa shape index (κ1) is 15.2. The van der Waals surface area contributed by atoms with E-state index in [0.717, 1.165) is 12.3 Å². The number of fused-ring (bicyclic) bond motifs is 3. The number of carbonyl (C=O) groups is 1. The molecular formula is C20H22N2O2. The third-order valence-corrected chi connectivity index (χ3v) is 5.08. The average Bonchev–Trinajstić information content (AvgIpc) is 2.64. The minimum atomic E-state index is -0.0414. The van der Waals surface area contributed by atoms with E-state index in [1.807, 2.05) is 54.6 Å². The molecule has 4 heteroatoms. The van der Waals surface area contributed by atoms with Crippen LogP contribution in [0.2, 0.25) is 0 Å². The minimum absolute atomic E-state index is 0.0414. The van der Waals surface area contributed by atoms with Gasteiger partial charge in [0, 0.05) is 12.6 Å². The number of carbonyl (C=O) groups excluding carboxylic acids is 1. The van der Waals surface area contributed by atoms with Gasteiger partial charge in [0.15, 0.2) is 0 Å². The fourth-order valence-corrected chi connectivity index (χ4v) is 3.73. The number of hydrogen-bond donors (Lipinski definition) is 1. The highest BCUT2D eigenvalue weighted by Gasteiger charge is 2.35. The molecule has 1 N–H and O–H groups in total. The van der Waals surface area contributed by atoms with E-state index in [9.17, 15) is 4.79 Å². The van der Waals surface area contributed by atoms with Crippen molar-refractivity contribution in [3.8, 4) is 11.5 Å². The fourth-order valence-electron chi connectivity index (χ4n) is 3.73. The number of amides is 1. The summed E-state index contributed by atoms with van der Waals surface area (Å²) in [6, 6.07) is 17.3. The van der Waals surface area contributed by atoms with E-state index < -0.39 is 0 Å². The van der Waals surface area contributed by atoms with Gasteiger partial charge in [0.2, 0.25) is 0 Å². The van der Waals surface area contributed by atoms with Crippen LogP contribution >= 0.6 is 0 Å². The third kappa shape index (κ3) is 3.15. The Balaban J connectivity index is 1.50. The van der Waals surface area contributed by atoms with Crippen LogP contribution in [0, 0.1) is 5.92 Å². The Hall–Kier alpha value is -2.33. The number of para-hydroxylation sites is 2. The van der Waals surface area contributed by atoms with E-state index in [1.54, 1.807) is 0 Å². The van der Waals surface area contributed by atoms with Crippen LogP contribution in [0.3, 0.4) is 0 Å². The Morgan fingerprint density at radius 3 is 2.42 bits per heavy atom. The second-order valence-electron chi connectivity index (χ2n) is 6.63. The second kappa shape index (κ2) is 6.65. The SMILES string of the molecule is O=C(N[C@@H]1CN2CCC1CC2)c1ccccc1Oc1ccccc1. The maximum atomic E-state index is 12.8.